The summed E-state index contributed by atoms with van der Waals surface area (Å²) in [5.41, 5.74) is 4.93. The molecule has 1 rings (SSSR count). The Bertz CT molecular complexity index is 324. The van der Waals surface area contributed by atoms with Crippen LogP contribution in [0.25, 0.3) is 0 Å². The van der Waals surface area contributed by atoms with E-state index in [1.807, 2.05) is 0 Å². The quantitative estimate of drug-likeness (QED) is 0.656. The van der Waals surface area contributed by atoms with E-state index < -0.39 is 5.91 Å². The number of amides is 1. The second-order valence-electron chi connectivity index (χ2n) is 2.13. The fourth-order valence-electron chi connectivity index (χ4n) is 0.729. The lowest BCUT2D eigenvalue weighted by Crippen LogP contribution is -2.24. The predicted molar refractivity (Wildman–Crippen MR) is 44.8 cm³/mol. The Labute approximate surface area is 72.4 Å². The van der Waals surface area contributed by atoms with Crippen molar-refractivity contribution in [3.05, 3.63) is 24.2 Å². The van der Waals surface area contributed by atoms with E-state index in [1.54, 1.807) is 12.1 Å². The minimum absolute atomic E-state index is 0.0601. The molecule has 2 N–H and O–H groups in total. The number of primary amides is 1. The van der Waals surface area contributed by atoms with Crippen molar-refractivity contribution in [3.63, 3.8) is 0 Å². The molecule has 0 saturated carbocycles. The second-order valence-corrected chi connectivity index (χ2v) is 2.79. The maximum absolute atomic E-state index is 10.6. The Kier molecular flexibility index (Phi) is 2.82. The van der Waals surface area contributed by atoms with Gasteiger partial charge in [0.05, 0.1) is 17.5 Å². The summed E-state index contributed by atoms with van der Waals surface area (Å²) in [5, 5.41) is 0. The first kappa shape index (κ1) is 8.73. The molecule has 0 aliphatic carbocycles. The Hall–Kier alpha value is -1.36. The summed E-state index contributed by atoms with van der Waals surface area (Å²) in [6.45, 7) is 0. The molecule has 0 fully saturated rings. The van der Waals surface area contributed by atoms with Gasteiger partial charge in [-0.2, -0.15) is 0 Å². The first-order chi connectivity index (χ1) is 5.74. The molecule has 0 aromatic carbocycles. The number of furan rings is 1. The van der Waals surface area contributed by atoms with Gasteiger partial charge < -0.3 is 10.2 Å². The van der Waals surface area contributed by atoms with E-state index in [9.17, 15) is 9.00 Å². The van der Waals surface area contributed by atoms with Crippen LogP contribution in [0.3, 0.4) is 0 Å². The molecule has 0 spiro atoms. The standard InChI is InChI=1S/C7H7NO3S/c8-7(9)6(12-10)4-5-2-1-3-11-5/h1-3H,4H2,(H2,8,9). The molecule has 1 heterocycles. The molecular formula is C7H7NO3S. The maximum Gasteiger partial charge on any atom is 0.258 e. The van der Waals surface area contributed by atoms with Gasteiger partial charge in [-0.1, -0.05) is 0 Å². The first-order valence-corrected chi connectivity index (χ1v) is 3.96. The van der Waals surface area contributed by atoms with Crippen LogP contribution in [-0.4, -0.2) is 15.0 Å². The minimum Gasteiger partial charge on any atom is -0.469 e. The summed E-state index contributed by atoms with van der Waals surface area (Å²) < 4.78 is 15.3. The van der Waals surface area contributed by atoms with Crippen molar-refractivity contribution in [1.82, 2.24) is 0 Å². The van der Waals surface area contributed by atoms with Crippen molar-refractivity contribution in [2.45, 2.75) is 6.42 Å². The van der Waals surface area contributed by atoms with E-state index in [0.717, 1.165) is 0 Å². The third-order valence-corrected chi connectivity index (χ3v) is 1.84. The molecule has 1 amide bonds. The molecule has 12 heavy (non-hydrogen) atoms. The van der Waals surface area contributed by atoms with Crippen LogP contribution in [0.15, 0.2) is 22.8 Å². The summed E-state index contributed by atoms with van der Waals surface area (Å²) in [7, 11) is 0. The topological polar surface area (TPSA) is 73.3 Å². The summed E-state index contributed by atoms with van der Waals surface area (Å²) in [5.74, 6) is -0.126. The van der Waals surface area contributed by atoms with Crippen molar-refractivity contribution in [2.24, 2.45) is 5.73 Å². The summed E-state index contributed by atoms with van der Waals surface area (Å²) in [4.78, 5) is 10.6. The lowest BCUT2D eigenvalue weighted by atomic mass is 10.2. The highest BCUT2D eigenvalue weighted by Gasteiger charge is 2.08. The fraction of sp³-hybridized carbons (Fsp3) is 0.143. The van der Waals surface area contributed by atoms with Gasteiger partial charge in [0.25, 0.3) is 5.91 Å². The minimum atomic E-state index is -0.689. The fourth-order valence-corrected chi connectivity index (χ4v) is 1.01. The van der Waals surface area contributed by atoms with E-state index in [0.29, 0.717) is 5.76 Å². The van der Waals surface area contributed by atoms with E-state index in [2.05, 4.69) is 0 Å². The summed E-state index contributed by atoms with van der Waals surface area (Å²) in [6.07, 6.45) is 1.65. The highest BCUT2D eigenvalue weighted by atomic mass is 32.1. The molecule has 1 aromatic rings. The second kappa shape index (κ2) is 3.87. The number of hydrogen-bond donors (Lipinski definition) is 1. The molecule has 0 unspecified atom stereocenters. The third kappa shape index (κ3) is 2.06. The summed E-state index contributed by atoms with van der Waals surface area (Å²) in [6, 6.07) is 3.36. The molecule has 0 bridgehead atoms. The molecular weight excluding hydrogens is 178 g/mol. The summed E-state index contributed by atoms with van der Waals surface area (Å²) >= 11 is 0.108. The largest absolute Gasteiger partial charge is 0.469 e. The van der Waals surface area contributed by atoms with Gasteiger partial charge in [-0.15, -0.1) is 0 Å². The average Bonchev–Trinajstić information content (AvgIpc) is 2.51. The molecule has 5 heteroatoms. The van der Waals surface area contributed by atoms with Crippen molar-refractivity contribution < 1.29 is 13.4 Å². The van der Waals surface area contributed by atoms with E-state index in [1.165, 1.54) is 6.26 Å². The predicted octanol–water partition coefficient (Wildman–Crippen LogP) is -0.307. The van der Waals surface area contributed by atoms with Crippen LogP contribution in [0.4, 0.5) is 0 Å². The smallest absolute Gasteiger partial charge is 0.258 e. The zero-order valence-electron chi connectivity index (χ0n) is 6.15. The van der Waals surface area contributed by atoms with Crippen molar-refractivity contribution in [3.8, 4) is 0 Å². The third-order valence-electron chi connectivity index (χ3n) is 1.29. The van der Waals surface area contributed by atoms with Gasteiger partial charge in [-0.05, 0) is 12.1 Å². The molecule has 0 aliphatic rings. The number of carbonyl (C=O) groups excluding carboxylic acids is 1. The van der Waals surface area contributed by atoms with Gasteiger partial charge >= 0.3 is 0 Å². The van der Waals surface area contributed by atoms with E-state index in [-0.39, 0.29) is 22.5 Å². The lowest BCUT2D eigenvalue weighted by molar-refractivity contribution is -0.111. The molecule has 1 aromatic heterocycles. The normalized spacial score (nSPS) is 9.33. The highest BCUT2D eigenvalue weighted by molar-refractivity contribution is 7.68. The average molecular weight is 185 g/mol. The van der Waals surface area contributed by atoms with Crippen LogP contribution in [0.1, 0.15) is 5.76 Å². The molecule has 4 nitrogen and oxygen atoms in total. The van der Waals surface area contributed by atoms with Gasteiger partial charge in [0.15, 0.2) is 0 Å². The zero-order valence-corrected chi connectivity index (χ0v) is 6.97. The van der Waals surface area contributed by atoms with Crippen LogP contribution in [-0.2, 0) is 22.5 Å². The van der Waals surface area contributed by atoms with Crippen LogP contribution in [0.2, 0.25) is 0 Å². The van der Waals surface area contributed by atoms with Crippen LogP contribution >= 0.6 is 0 Å². The van der Waals surface area contributed by atoms with Crippen LogP contribution < -0.4 is 5.73 Å². The number of rotatable bonds is 3. The molecule has 0 atom stereocenters. The zero-order chi connectivity index (χ0) is 8.97. The highest BCUT2D eigenvalue weighted by Crippen LogP contribution is 2.00. The van der Waals surface area contributed by atoms with Gasteiger partial charge in [-0.25, -0.2) is 4.21 Å². The monoisotopic (exact) mass is 185 g/mol. The Morgan fingerprint density at radius 3 is 2.83 bits per heavy atom. The maximum atomic E-state index is 10.6. The van der Waals surface area contributed by atoms with Gasteiger partial charge in [0.1, 0.15) is 10.6 Å². The first-order valence-electron chi connectivity index (χ1n) is 3.22. The Balaban J connectivity index is 2.75. The molecule has 0 radical (unpaired) electrons. The van der Waals surface area contributed by atoms with Crippen molar-refractivity contribution >= 4 is 22.0 Å². The Morgan fingerprint density at radius 1 is 1.67 bits per heavy atom. The number of carbonyl (C=O) groups is 1. The lowest BCUT2D eigenvalue weighted by Gasteiger charge is -1.93. The Morgan fingerprint density at radius 2 is 2.42 bits per heavy atom. The molecule has 0 aliphatic heterocycles. The van der Waals surface area contributed by atoms with Crippen molar-refractivity contribution in [2.75, 3.05) is 0 Å². The van der Waals surface area contributed by atoms with Gasteiger partial charge in [-0.3, -0.25) is 4.79 Å². The van der Waals surface area contributed by atoms with E-state index in [4.69, 9.17) is 10.2 Å². The number of nitrogens with two attached hydrogens (primary N) is 1. The molecule has 64 valence electrons. The van der Waals surface area contributed by atoms with E-state index >= 15 is 0 Å². The number of hydrogen-bond acceptors (Lipinski definition) is 3. The van der Waals surface area contributed by atoms with Crippen LogP contribution in [0.5, 0.6) is 0 Å². The van der Waals surface area contributed by atoms with Crippen molar-refractivity contribution in [1.29, 1.82) is 0 Å². The van der Waals surface area contributed by atoms with Crippen LogP contribution in [0, 0.1) is 0 Å². The van der Waals surface area contributed by atoms with Gasteiger partial charge in [0.2, 0.25) is 0 Å². The SMILES string of the molecule is NC(=O)C(Cc1ccco1)=S=O. The molecule has 0 saturated heterocycles. The van der Waals surface area contributed by atoms with Gasteiger partial charge in [0, 0.05) is 6.42 Å².